The molecule has 0 spiro atoms. The van der Waals surface area contributed by atoms with E-state index in [1.807, 2.05) is 19.1 Å². The van der Waals surface area contributed by atoms with Gasteiger partial charge in [-0.3, -0.25) is 4.90 Å². The van der Waals surface area contributed by atoms with Crippen LogP contribution in [0.5, 0.6) is 11.5 Å². The highest BCUT2D eigenvalue weighted by Crippen LogP contribution is 2.40. The molecule has 1 unspecified atom stereocenters. The summed E-state index contributed by atoms with van der Waals surface area (Å²) in [6.45, 7) is 4.47. The van der Waals surface area contributed by atoms with Crippen molar-refractivity contribution in [1.82, 2.24) is 4.90 Å². The van der Waals surface area contributed by atoms with E-state index in [-0.39, 0.29) is 6.79 Å². The minimum Gasteiger partial charge on any atom is -0.454 e. The van der Waals surface area contributed by atoms with Gasteiger partial charge in [-0.1, -0.05) is 11.6 Å². The van der Waals surface area contributed by atoms with Crippen LogP contribution in [-0.4, -0.2) is 35.5 Å². The maximum absolute atomic E-state index is 9.94. The van der Waals surface area contributed by atoms with E-state index < -0.39 is 5.60 Å². The lowest BCUT2D eigenvalue weighted by Crippen LogP contribution is -2.29. The zero-order valence-electron chi connectivity index (χ0n) is 10.3. The van der Waals surface area contributed by atoms with Gasteiger partial charge in [0.15, 0.2) is 11.5 Å². The molecule has 1 aromatic rings. The highest BCUT2D eigenvalue weighted by molar-refractivity contribution is 6.32. The molecule has 1 atom stereocenters. The molecule has 1 N–H and O–H groups in total. The molecule has 4 nitrogen and oxygen atoms in total. The lowest BCUT2D eigenvalue weighted by molar-refractivity contribution is 0.0679. The van der Waals surface area contributed by atoms with Crippen LogP contribution >= 0.6 is 11.6 Å². The quantitative estimate of drug-likeness (QED) is 0.892. The SMILES string of the molecule is CC1(O)CCN(Cc2cc(Cl)c3c(c2)OCO3)C1. The molecule has 2 aliphatic heterocycles. The van der Waals surface area contributed by atoms with Crippen LogP contribution in [0.2, 0.25) is 5.02 Å². The molecule has 1 saturated heterocycles. The number of hydrogen-bond donors (Lipinski definition) is 1. The molecule has 1 aromatic carbocycles. The second-order valence-electron chi connectivity index (χ2n) is 5.27. The number of fused-ring (bicyclic) bond motifs is 1. The van der Waals surface area contributed by atoms with Crippen LogP contribution in [0.1, 0.15) is 18.9 Å². The number of benzene rings is 1. The smallest absolute Gasteiger partial charge is 0.231 e. The fraction of sp³-hybridized carbons (Fsp3) is 0.538. The van der Waals surface area contributed by atoms with E-state index in [1.54, 1.807) is 0 Å². The molecular formula is C13H16ClNO3. The van der Waals surface area contributed by atoms with Crippen LogP contribution in [0.3, 0.4) is 0 Å². The van der Waals surface area contributed by atoms with Gasteiger partial charge in [-0.25, -0.2) is 0 Å². The van der Waals surface area contributed by atoms with E-state index in [4.69, 9.17) is 21.1 Å². The first-order valence-electron chi connectivity index (χ1n) is 6.06. The molecule has 0 aliphatic carbocycles. The van der Waals surface area contributed by atoms with Crippen molar-refractivity contribution in [1.29, 1.82) is 0 Å². The van der Waals surface area contributed by atoms with Crippen LogP contribution in [0.15, 0.2) is 12.1 Å². The number of nitrogens with zero attached hydrogens (tertiary/aromatic N) is 1. The van der Waals surface area contributed by atoms with Gasteiger partial charge < -0.3 is 14.6 Å². The Morgan fingerprint density at radius 1 is 1.44 bits per heavy atom. The average Bonchev–Trinajstić information content (AvgIpc) is 2.85. The van der Waals surface area contributed by atoms with Crippen molar-refractivity contribution in [3.63, 3.8) is 0 Å². The largest absolute Gasteiger partial charge is 0.454 e. The van der Waals surface area contributed by atoms with Crippen molar-refractivity contribution in [3.05, 3.63) is 22.7 Å². The van der Waals surface area contributed by atoms with Crippen molar-refractivity contribution in [2.45, 2.75) is 25.5 Å². The molecule has 1 fully saturated rings. The Morgan fingerprint density at radius 3 is 3.00 bits per heavy atom. The fourth-order valence-corrected chi connectivity index (χ4v) is 2.83. The van der Waals surface area contributed by atoms with Crippen LogP contribution in [-0.2, 0) is 6.54 Å². The summed E-state index contributed by atoms with van der Waals surface area (Å²) < 4.78 is 10.6. The summed E-state index contributed by atoms with van der Waals surface area (Å²) in [5.41, 5.74) is 0.516. The first-order chi connectivity index (χ1) is 8.53. The summed E-state index contributed by atoms with van der Waals surface area (Å²) in [6, 6.07) is 3.86. The topological polar surface area (TPSA) is 41.9 Å². The Bertz CT molecular complexity index is 476. The van der Waals surface area contributed by atoms with Gasteiger partial charge in [0.05, 0.1) is 10.6 Å². The highest BCUT2D eigenvalue weighted by atomic mass is 35.5. The minimum absolute atomic E-state index is 0.233. The number of halogens is 1. The lowest BCUT2D eigenvalue weighted by Gasteiger charge is -2.19. The summed E-state index contributed by atoms with van der Waals surface area (Å²) in [6.07, 6.45) is 0.811. The summed E-state index contributed by atoms with van der Waals surface area (Å²) in [5, 5.41) is 10.5. The first-order valence-corrected chi connectivity index (χ1v) is 6.44. The van der Waals surface area contributed by atoms with Gasteiger partial charge >= 0.3 is 0 Å². The van der Waals surface area contributed by atoms with Gasteiger partial charge in [0.1, 0.15) is 0 Å². The maximum Gasteiger partial charge on any atom is 0.231 e. The molecule has 0 aromatic heterocycles. The predicted molar refractivity (Wildman–Crippen MR) is 68.1 cm³/mol. The Hall–Kier alpha value is -0.970. The number of aliphatic hydroxyl groups is 1. The zero-order chi connectivity index (χ0) is 12.8. The normalized spacial score (nSPS) is 26.8. The summed E-state index contributed by atoms with van der Waals surface area (Å²) >= 11 is 6.14. The molecule has 98 valence electrons. The van der Waals surface area contributed by atoms with E-state index in [0.717, 1.165) is 25.1 Å². The number of β-amino-alcohol motifs (C(OH)–C–C–N with tert-alkyl or cyclic N) is 1. The average molecular weight is 270 g/mol. The fourth-order valence-electron chi connectivity index (χ4n) is 2.54. The molecular weight excluding hydrogens is 254 g/mol. The van der Waals surface area contributed by atoms with Crippen molar-refractivity contribution in [2.75, 3.05) is 19.9 Å². The monoisotopic (exact) mass is 269 g/mol. The first kappa shape index (κ1) is 12.1. The maximum atomic E-state index is 9.94. The van der Waals surface area contributed by atoms with Crippen LogP contribution < -0.4 is 9.47 Å². The summed E-state index contributed by atoms with van der Waals surface area (Å²) in [7, 11) is 0. The Balaban J connectivity index is 1.76. The number of ether oxygens (including phenoxy) is 2. The Kier molecular flexibility index (Phi) is 2.88. The number of likely N-dealkylation sites (tertiary alicyclic amines) is 1. The molecule has 2 aliphatic rings. The molecule has 2 heterocycles. The van der Waals surface area contributed by atoms with E-state index >= 15 is 0 Å². The molecule has 0 radical (unpaired) electrons. The van der Waals surface area contributed by atoms with Crippen molar-refractivity contribution >= 4 is 11.6 Å². The second kappa shape index (κ2) is 4.30. The third-order valence-electron chi connectivity index (χ3n) is 3.42. The minimum atomic E-state index is -0.569. The molecule has 18 heavy (non-hydrogen) atoms. The summed E-state index contributed by atoms with van der Waals surface area (Å²) in [4.78, 5) is 2.22. The van der Waals surface area contributed by atoms with Gasteiger partial charge in [0, 0.05) is 19.6 Å². The van der Waals surface area contributed by atoms with E-state index in [1.165, 1.54) is 0 Å². The van der Waals surface area contributed by atoms with Gasteiger partial charge in [-0.05, 0) is 31.0 Å². The van der Waals surface area contributed by atoms with Crippen LogP contribution in [0.25, 0.3) is 0 Å². The molecule has 3 rings (SSSR count). The van der Waals surface area contributed by atoms with E-state index in [2.05, 4.69) is 4.90 Å². The third kappa shape index (κ3) is 2.28. The molecule has 5 heteroatoms. The standard InChI is InChI=1S/C13H16ClNO3/c1-13(16)2-3-15(7-13)6-9-4-10(14)12-11(5-9)17-8-18-12/h4-5,16H,2-3,6-8H2,1H3. The van der Waals surface area contributed by atoms with E-state index in [9.17, 15) is 5.11 Å². The summed E-state index contributed by atoms with van der Waals surface area (Å²) in [5.74, 6) is 1.34. The number of rotatable bonds is 2. The predicted octanol–water partition coefficient (Wildman–Crippen LogP) is 2.03. The van der Waals surface area contributed by atoms with Gasteiger partial charge in [-0.15, -0.1) is 0 Å². The Labute approximate surface area is 111 Å². The van der Waals surface area contributed by atoms with Gasteiger partial charge in [0.25, 0.3) is 0 Å². The van der Waals surface area contributed by atoms with Gasteiger partial charge in [0.2, 0.25) is 6.79 Å². The Morgan fingerprint density at radius 2 is 2.28 bits per heavy atom. The zero-order valence-corrected chi connectivity index (χ0v) is 11.0. The van der Waals surface area contributed by atoms with Crippen LogP contribution in [0, 0.1) is 0 Å². The lowest BCUT2D eigenvalue weighted by atomic mass is 10.1. The molecule has 0 saturated carbocycles. The van der Waals surface area contributed by atoms with Crippen molar-refractivity contribution in [3.8, 4) is 11.5 Å². The van der Waals surface area contributed by atoms with Crippen LogP contribution in [0.4, 0.5) is 0 Å². The highest BCUT2D eigenvalue weighted by Gasteiger charge is 2.31. The number of hydrogen-bond acceptors (Lipinski definition) is 4. The second-order valence-corrected chi connectivity index (χ2v) is 5.68. The molecule has 0 bridgehead atoms. The van der Waals surface area contributed by atoms with Crippen molar-refractivity contribution in [2.24, 2.45) is 0 Å². The van der Waals surface area contributed by atoms with Crippen molar-refractivity contribution < 1.29 is 14.6 Å². The molecule has 0 amide bonds. The third-order valence-corrected chi connectivity index (χ3v) is 3.70. The van der Waals surface area contributed by atoms with E-state index in [0.29, 0.717) is 23.1 Å². The van der Waals surface area contributed by atoms with Gasteiger partial charge in [-0.2, -0.15) is 0 Å².